The van der Waals surface area contributed by atoms with Gasteiger partial charge < -0.3 is 20.3 Å². The predicted molar refractivity (Wildman–Crippen MR) is 125 cm³/mol. The number of aromatic nitrogens is 2. The fourth-order valence-electron chi connectivity index (χ4n) is 2.69. The van der Waals surface area contributed by atoms with Gasteiger partial charge in [-0.2, -0.15) is 0 Å². The van der Waals surface area contributed by atoms with Gasteiger partial charge in [0.05, 0.1) is 22.8 Å². The maximum atomic E-state index is 5.75. The number of halogens is 1. The molecule has 31 heavy (non-hydrogen) atoms. The first kappa shape index (κ1) is 21.9. The Morgan fingerprint density at radius 1 is 0.548 bits per heavy atom. The first-order valence-corrected chi connectivity index (χ1v) is 9.63. The number of hydrogen-bond acceptors (Lipinski definition) is 6. The van der Waals surface area contributed by atoms with Gasteiger partial charge in [0, 0.05) is 12.4 Å². The van der Waals surface area contributed by atoms with Crippen LogP contribution in [0.1, 0.15) is 11.4 Å². The van der Waals surface area contributed by atoms with Crippen molar-refractivity contribution in [2.24, 2.45) is 0 Å². The molecular weight excluding hydrogens is 412 g/mol. The Bertz CT molecular complexity index is 944. The number of pyridine rings is 2. The molecular formula is C24H23ClN4O2. The molecule has 0 bridgehead atoms. The van der Waals surface area contributed by atoms with Crippen molar-refractivity contribution < 1.29 is 9.47 Å². The minimum absolute atomic E-state index is 0. The third kappa shape index (κ3) is 6.90. The van der Waals surface area contributed by atoms with Gasteiger partial charge in [-0.05, 0) is 72.8 Å². The van der Waals surface area contributed by atoms with Crippen LogP contribution in [0.25, 0.3) is 0 Å². The van der Waals surface area contributed by atoms with Crippen LogP contribution in [0, 0.1) is 0 Å². The molecule has 0 aliphatic heterocycles. The minimum Gasteiger partial charge on any atom is -0.487 e. The summed E-state index contributed by atoms with van der Waals surface area (Å²) in [4.78, 5) is 8.50. The van der Waals surface area contributed by atoms with Crippen LogP contribution in [0.3, 0.4) is 0 Å². The molecule has 0 radical (unpaired) electrons. The zero-order valence-corrected chi connectivity index (χ0v) is 17.6. The topological polar surface area (TPSA) is 68.3 Å². The Kier molecular flexibility index (Phi) is 8.08. The number of hydrogen-bond donors (Lipinski definition) is 2. The molecule has 4 rings (SSSR count). The lowest BCUT2D eigenvalue weighted by Crippen LogP contribution is -2.08. The van der Waals surface area contributed by atoms with Crippen molar-refractivity contribution >= 4 is 23.8 Å². The first-order chi connectivity index (χ1) is 14.8. The summed E-state index contributed by atoms with van der Waals surface area (Å²) in [7, 11) is 0. The zero-order chi connectivity index (χ0) is 20.4. The van der Waals surface area contributed by atoms with E-state index in [-0.39, 0.29) is 12.4 Å². The van der Waals surface area contributed by atoms with E-state index in [4.69, 9.17) is 9.47 Å². The van der Waals surface area contributed by atoms with Crippen LogP contribution < -0.4 is 20.3 Å². The molecule has 0 atom stereocenters. The largest absolute Gasteiger partial charge is 0.487 e. The van der Waals surface area contributed by atoms with E-state index < -0.39 is 0 Å². The fraction of sp³-hybridized carbons (Fsp3) is 0.0833. The highest BCUT2D eigenvalue weighted by Gasteiger charge is 2.00. The summed E-state index contributed by atoms with van der Waals surface area (Å²) in [5.74, 6) is 1.58. The average Bonchev–Trinajstić information content (AvgIpc) is 2.83. The van der Waals surface area contributed by atoms with E-state index in [2.05, 4.69) is 20.8 Å². The van der Waals surface area contributed by atoms with Crippen LogP contribution >= 0.6 is 12.4 Å². The van der Waals surface area contributed by atoms with Gasteiger partial charge in [0.1, 0.15) is 24.7 Å². The quantitative estimate of drug-likeness (QED) is 0.339. The van der Waals surface area contributed by atoms with Crippen LogP contribution in [0.5, 0.6) is 11.5 Å². The average molecular weight is 435 g/mol. The molecule has 2 aromatic carbocycles. The standard InChI is InChI=1S/C24H22N4O2.ClH/c1-3-15-25-21(5-1)17-29-23-11-7-19(8-12-23)27-28-20-9-13-24(14-10-20)30-18-22-6-2-4-16-26-22;/h1-16,27-28H,17-18H2;1H. The van der Waals surface area contributed by atoms with Crippen LogP contribution in [-0.4, -0.2) is 9.97 Å². The molecule has 0 unspecified atom stereocenters. The molecule has 2 heterocycles. The number of nitrogens with one attached hydrogen (secondary N) is 2. The van der Waals surface area contributed by atoms with Crippen molar-refractivity contribution in [3.63, 3.8) is 0 Å². The number of benzene rings is 2. The van der Waals surface area contributed by atoms with Gasteiger partial charge in [-0.3, -0.25) is 9.97 Å². The van der Waals surface area contributed by atoms with Crippen molar-refractivity contribution in [2.45, 2.75) is 13.2 Å². The molecule has 0 saturated heterocycles. The third-order valence-electron chi connectivity index (χ3n) is 4.29. The summed E-state index contributed by atoms with van der Waals surface area (Å²) < 4.78 is 11.5. The van der Waals surface area contributed by atoms with Gasteiger partial charge in [0.15, 0.2) is 0 Å². The third-order valence-corrected chi connectivity index (χ3v) is 4.29. The Morgan fingerprint density at radius 3 is 1.32 bits per heavy atom. The van der Waals surface area contributed by atoms with Crippen LogP contribution in [0.2, 0.25) is 0 Å². The number of anilines is 2. The predicted octanol–water partition coefficient (Wildman–Crippen LogP) is 5.50. The molecule has 4 aromatic rings. The molecule has 0 aliphatic rings. The van der Waals surface area contributed by atoms with E-state index >= 15 is 0 Å². The number of hydrazine groups is 1. The summed E-state index contributed by atoms with van der Waals surface area (Å²) in [5, 5.41) is 0. The summed E-state index contributed by atoms with van der Waals surface area (Å²) in [5.41, 5.74) is 9.99. The van der Waals surface area contributed by atoms with E-state index in [1.165, 1.54) is 0 Å². The zero-order valence-electron chi connectivity index (χ0n) is 16.8. The van der Waals surface area contributed by atoms with Crippen LogP contribution in [0.4, 0.5) is 11.4 Å². The lowest BCUT2D eigenvalue weighted by molar-refractivity contribution is 0.301. The Balaban J connectivity index is 0.00000272. The number of rotatable bonds is 9. The Morgan fingerprint density at radius 2 is 0.968 bits per heavy atom. The lowest BCUT2D eigenvalue weighted by atomic mass is 10.3. The summed E-state index contributed by atoms with van der Waals surface area (Å²) in [6.45, 7) is 0.890. The Labute approximate surface area is 187 Å². The van der Waals surface area contributed by atoms with E-state index in [1.807, 2.05) is 84.9 Å². The highest BCUT2D eigenvalue weighted by atomic mass is 35.5. The van der Waals surface area contributed by atoms with Gasteiger partial charge in [0.2, 0.25) is 0 Å². The second kappa shape index (κ2) is 11.4. The smallest absolute Gasteiger partial charge is 0.130 e. The van der Waals surface area contributed by atoms with Crippen molar-refractivity contribution in [1.29, 1.82) is 0 Å². The molecule has 0 amide bonds. The van der Waals surface area contributed by atoms with Crippen LogP contribution in [-0.2, 0) is 13.2 Å². The molecule has 158 valence electrons. The lowest BCUT2D eigenvalue weighted by Gasteiger charge is -2.12. The van der Waals surface area contributed by atoms with E-state index in [9.17, 15) is 0 Å². The Hall–Kier alpha value is -3.77. The van der Waals surface area contributed by atoms with Crippen molar-refractivity contribution in [3.05, 3.63) is 109 Å². The molecule has 0 aliphatic carbocycles. The molecule has 0 saturated carbocycles. The van der Waals surface area contributed by atoms with Crippen molar-refractivity contribution in [1.82, 2.24) is 9.97 Å². The minimum atomic E-state index is 0. The monoisotopic (exact) mass is 434 g/mol. The second-order valence-corrected chi connectivity index (χ2v) is 6.52. The normalized spacial score (nSPS) is 9.94. The maximum absolute atomic E-state index is 5.75. The van der Waals surface area contributed by atoms with Crippen LogP contribution in [0.15, 0.2) is 97.3 Å². The summed E-state index contributed by atoms with van der Waals surface area (Å²) in [6.07, 6.45) is 3.52. The fourth-order valence-corrected chi connectivity index (χ4v) is 2.69. The highest BCUT2D eigenvalue weighted by molar-refractivity contribution is 5.85. The van der Waals surface area contributed by atoms with Gasteiger partial charge >= 0.3 is 0 Å². The first-order valence-electron chi connectivity index (χ1n) is 9.63. The SMILES string of the molecule is Cl.c1ccc(COc2ccc(NNc3ccc(OCc4ccccn4)cc3)cc2)nc1. The van der Waals surface area contributed by atoms with E-state index in [0.29, 0.717) is 13.2 Å². The maximum Gasteiger partial charge on any atom is 0.130 e. The molecule has 2 N–H and O–H groups in total. The second-order valence-electron chi connectivity index (χ2n) is 6.52. The van der Waals surface area contributed by atoms with Gasteiger partial charge in [0.25, 0.3) is 0 Å². The molecule has 2 aromatic heterocycles. The van der Waals surface area contributed by atoms with Crippen molar-refractivity contribution in [3.8, 4) is 11.5 Å². The van der Waals surface area contributed by atoms with E-state index in [1.54, 1.807) is 12.4 Å². The van der Waals surface area contributed by atoms with Crippen molar-refractivity contribution in [2.75, 3.05) is 10.9 Å². The molecule has 7 heteroatoms. The molecule has 0 spiro atoms. The van der Waals surface area contributed by atoms with Gasteiger partial charge in [-0.1, -0.05) is 12.1 Å². The number of ether oxygens (including phenoxy) is 2. The molecule has 6 nitrogen and oxygen atoms in total. The van der Waals surface area contributed by atoms with Gasteiger partial charge in [-0.15, -0.1) is 12.4 Å². The summed E-state index contributed by atoms with van der Waals surface area (Å²) >= 11 is 0. The summed E-state index contributed by atoms with van der Waals surface area (Å²) in [6, 6.07) is 27.0. The highest BCUT2D eigenvalue weighted by Crippen LogP contribution is 2.19. The number of nitrogens with zero attached hydrogens (tertiary/aromatic N) is 2. The van der Waals surface area contributed by atoms with E-state index in [0.717, 1.165) is 34.3 Å². The molecule has 0 fully saturated rings. The van der Waals surface area contributed by atoms with Gasteiger partial charge in [-0.25, -0.2) is 0 Å².